The molecule has 1 N–H and O–H groups in total. The zero-order valence-electron chi connectivity index (χ0n) is 11.1. The summed E-state index contributed by atoms with van der Waals surface area (Å²) in [5.41, 5.74) is -0.146. The maximum atomic E-state index is 5.91. The highest BCUT2D eigenvalue weighted by Crippen LogP contribution is 2.18. The Labute approximate surface area is 94.5 Å². The van der Waals surface area contributed by atoms with Crippen molar-refractivity contribution < 1.29 is 9.47 Å². The Kier molecular flexibility index (Phi) is 6.41. The van der Waals surface area contributed by atoms with Crippen molar-refractivity contribution in [3.63, 3.8) is 0 Å². The highest BCUT2D eigenvalue weighted by atomic mass is 16.5. The highest BCUT2D eigenvalue weighted by Gasteiger charge is 2.23. The van der Waals surface area contributed by atoms with Gasteiger partial charge in [-0.3, -0.25) is 0 Å². The summed E-state index contributed by atoms with van der Waals surface area (Å²) in [5, 5.41) is 3.16. The standard InChI is InChI=1S/C12H27NO2/c1-7-12(4,10-13-5)15-9-8-11(2,3)14-6/h13H,7-10H2,1-6H3. The third-order valence-corrected chi connectivity index (χ3v) is 3.01. The molecule has 0 aromatic carbocycles. The molecular weight excluding hydrogens is 190 g/mol. The SMILES string of the molecule is CCC(C)(CNC)OCCC(C)(C)OC. The summed E-state index contributed by atoms with van der Waals surface area (Å²) < 4.78 is 11.3. The second-order valence-corrected chi connectivity index (χ2v) is 4.90. The Morgan fingerprint density at radius 2 is 1.80 bits per heavy atom. The van der Waals surface area contributed by atoms with Crippen LogP contribution in [0.3, 0.4) is 0 Å². The van der Waals surface area contributed by atoms with E-state index in [4.69, 9.17) is 9.47 Å². The lowest BCUT2D eigenvalue weighted by Gasteiger charge is -2.31. The maximum Gasteiger partial charge on any atom is 0.0775 e. The predicted molar refractivity (Wildman–Crippen MR) is 64.3 cm³/mol. The van der Waals surface area contributed by atoms with E-state index in [2.05, 4.69) is 33.0 Å². The molecule has 0 aliphatic rings. The van der Waals surface area contributed by atoms with Gasteiger partial charge in [0.1, 0.15) is 0 Å². The van der Waals surface area contributed by atoms with Crippen molar-refractivity contribution in [3.05, 3.63) is 0 Å². The molecule has 0 aromatic heterocycles. The highest BCUT2D eigenvalue weighted by molar-refractivity contribution is 4.76. The molecule has 1 atom stereocenters. The normalized spacial score (nSPS) is 16.4. The monoisotopic (exact) mass is 217 g/mol. The maximum absolute atomic E-state index is 5.91. The van der Waals surface area contributed by atoms with Gasteiger partial charge in [0.25, 0.3) is 0 Å². The number of likely N-dealkylation sites (N-methyl/N-ethyl adjacent to an activating group) is 1. The van der Waals surface area contributed by atoms with E-state index in [9.17, 15) is 0 Å². The molecule has 0 amide bonds. The van der Waals surface area contributed by atoms with Crippen molar-refractivity contribution in [2.24, 2.45) is 0 Å². The van der Waals surface area contributed by atoms with Crippen LogP contribution in [0.2, 0.25) is 0 Å². The van der Waals surface area contributed by atoms with Crippen molar-refractivity contribution in [1.29, 1.82) is 0 Å². The van der Waals surface area contributed by atoms with Gasteiger partial charge in [0.2, 0.25) is 0 Å². The Morgan fingerprint density at radius 3 is 2.20 bits per heavy atom. The van der Waals surface area contributed by atoms with Crippen LogP contribution in [0.15, 0.2) is 0 Å². The average Bonchev–Trinajstić information content (AvgIpc) is 2.18. The van der Waals surface area contributed by atoms with Crippen molar-refractivity contribution in [1.82, 2.24) is 5.32 Å². The molecule has 0 spiro atoms. The Morgan fingerprint density at radius 1 is 1.20 bits per heavy atom. The van der Waals surface area contributed by atoms with Crippen molar-refractivity contribution in [3.8, 4) is 0 Å². The van der Waals surface area contributed by atoms with Crippen LogP contribution in [0.1, 0.15) is 40.5 Å². The summed E-state index contributed by atoms with van der Waals surface area (Å²) in [5.74, 6) is 0. The third-order valence-electron chi connectivity index (χ3n) is 3.01. The van der Waals surface area contributed by atoms with Crippen LogP contribution in [0.5, 0.6) is 0 Å². The molecule has 92 valence electrons. The van der Waals surface area contributed by atoms with E-state index < -0.39 is 0 Å². The van der Waals surface area contributed by atoms with Crippen LogP contribution in [0, 0.1) is 0 Å². The Balaban J connectivity index is 3.91. The quantitative estimate of drug-likeness (QED) is 0.676. The summed E-state index contributed by atoms with van der Waals surface area (Å²) >= 11 is 0. The molecule has 0 bridgehead atoms. The van der Waals surface area contributed by atoms with Gasteiger partial charge in [-0.25, -0.2) is 0 Å². The largest absolute Gasteiger partial charge is 0.379 e. The Bertz CT molecular complexity index is 171. The molecule has 0 aliphatic heterocycles. The fourth-order valence-electron chi connectivity index (χ4n) is 1.30. The molecule has 0 rings (SSSR count). The summed E-state index contributed by atoms with van der Waals surface area (Å²) in [6, 6.07) is 0. The number of rotatable bonds is 8. The minimum Gasteiger partial charge on any atom is -0.379 e. The topological polar surface area (TPSA) is 30.5 Å². The first kappa shape index (κ1) is 14.9. The van der Waals surface area contributed by atoms with E-state index in [0.717, 1.165) is 26.0 Å². The fraction of sp³-hybridized carbons (Fsp3) is 1.00. The second kappa shape index (κ2) is 6.46. The minimum absolute atomic E-state index is 0.0570. The molecule has 3 heteroatoms. The van der Waals surface area contributed by atoms with Crippen LogP contribution in [0.25, 0.3) is 0 Å². The predicted octanol–water partition coefficient (Wildman–Crippen LogP) is 2.21. The van der Waals surface area contributed by atoms with Crippen LogP contribution >= 0.6 is 0 Å². The smallest absolute Gasteiger partial charge is 0.0775 e. The number of hydrogen-bond acceptors (Lipinski definition) is 3. The molecule has 15 heavy (non-hydrogen) atoms. The van der Waals surface area contributed by atoms with Gasteiger partial charge < -0.3 is 14.8 Å². The molecule has 3 nitrogen and oxygen atoms in total. The van der Waals surface area contributed by atoms with E-state index in [1.807, 2.05) is 7.05 Å². The summed E-state index contributed by atoms with van der Waals surface area (Å²) in [6.45, 7) is 10.1. The number of methoxy groups -OCH3 is 1. The molecule has 0 aromatic rings. The van der Waals surface area contributed by atoms with E-state index in [1.54, 1.807) is 7.11 Å². The summed E-state index contributed by atoms with van der Waals surface area (Å²) in [6.07, 6.45) is 1.93. The number of nitrogens with one attached hydrogen (secondary N) is 1. The lowest BCUT2D eigenvalue weighted by atomic mass is 10.0. The summed E-state index contributed by atoms with van der Waals surface area (Å²) in [4.78, 5) is 0. The lowest BCUT2D eigenvalue weighted by molar-refractivity contribution is -0.0661. The van der Waals surface area contributed by atoms with E-state index in [-0.39, 0.29) is 11.2 Å². The number of ether oxygens (including phenoxy) is 2. The first-order valence-electron chi connectivity index (χ1n) is 5.73. The average molecular weight is 217 g/mol. The van der Waals surface area contributed by atoms with Gasteiger partial charge in [-0.2, -0.15) is 0 Å². The molecule has 0 fully saturated rings. The first-order valence-corrected chi connectivity index (χ1v) is 5.73. The first-order chi connectivity index (χ1) is 6.89. The molecular formula is C12H27NO2. The van der Waals surface area contributed by atoms with Gasteiger partial charge in [0.05, 0.1) is 17.8 Å². The molecule has 0 radical (unpaired) electrons. The van der Waals surface area contributed by atoms with Gasteiger partial charge in [-0.1, -0.05) is 6.92 Å². The van der Waals surface area contributed by atoms with E-state index in [1.165, 1.54) is 0 Å². The van der Waals surface area contributed by atoms with Gasteiger partial charge in [-0.15, -0.1) is 0 Å². The zero-order chi connectivity index (χ0) is 11.9. The number of hydrogen-bond donors (Lipinski definition) is 1. The van der Waals surface area contributed by atoms with Gasteiger partial charge in [0.15, 0.2) is 0 Å². The van der Waals surface area contributed by atoms with Crippen LogP contribution in [0.4, 0.5) is 0 Å². The van der Waals surface area contributed by atoms with Crippen LogP contribution in [-0.4, -0.2) is 38.5 Å². The lowest BCUT2D eigenvalue weighted by Crippen LogP contribution is -2.39. The molecule has 0 saturated heterocycles. The molecule has 0 heterocycles. The Hall–Kier alpha value is -0.120. The van der Waals surface area contributed by atoms with Crippen molar-refractivity contribution >= 4 is 0 Å². The molecule has 0 aliphatic carbocycles. The minimum atomic E-state index is -0.0890. The third kappa shape index (κ3) is 6.13. The fourth-order valence-corrected chi connectivity index (χ4v) is 1.30. The van der Waals surface area contributed by atoms with Gasteiger partial charge in [0, 0.05) is 13.7 Å². The van der Waals surface area contributed by atoms with Crippen LogP contribution in [-0.2, 0) is 9.47 Å². The summed E-state index contributed by atoms with van der Waals surface area (Å²) in [7, 11) is 3.70. The molecule has 0 saturated carbocycles. The van der Waals surface area contributed by atoms with Crippen LogP contribution < -0.4 is 5.32 Å². The van der Waals surface area contributed by atoms with Gasteiger partial charge in [-0.05, 0) is 40.7 Å². The second-order valence-electron chi connectivity index (χ2n) is 4.90. The van der Waals surface area contributed by atoms with Crippen molar-refractivity contribution in [2.75, 3.05) is 27.3 Å². The van der Waals surface area contributed by atoms with E-state index >= 15 is 0 Å². The zero-order valence-corrected chi connectivity index (χ0v) is 11.1. The van der Waals surface area contributed by atoms with Gasteiger partial charge >= 0.3 is 0 Å². The van der Waals surface area contributed by atoms with E-state index in [0.29, 0.717) is 0 Å². The molecule has 1 unspecified atom stereocenters. The van der Waals surface area contributed by atoms with Crippen molar-refractivity contribution in [2.45, 2.75) is 51.7 Å².